The number of rotatable bonds is 8. The molecule has 3 atom stereocenters. The average molecular weight is 721 g/mol. The van der Waals surface area contributed by atoms with Crippen LogP contribution < -0.4 is 21.1 Å². The molecule has 6 N–H and O–H groups in total. The van der Waals surface area contributed by atoms with Crippen LogP contribution in [0.3, 0.4) is 0 Å². The number of fused-ring (bicyclic) bond motifs is 4. The van der Waals surface area contributed by atoms with Crippen molar-refractivity contribution in [1.82, 2.24) is 15.2 Å². The second kappa shape index (κ2) is 16.9. The van der Waals surface area contributed by atoms with Gasteiger partial charge in [-0.15, -0.1) is 0 Å². The first-order valence-electron chi connectivity index (χ1n) is 19.5. The van der Waals surface area contributed by atoms with Gasteiger partial charge in [-0.3, -0.25) is 0 Å². The molecule has 0 amide bonds. The van der Waals surface area contributed by atoms with Gasteiger partial charge in [-0.25, -0.2) is 0 Å². The van der Waals surface area contributed by atoms with Gasteiger partial charge in [0.2, 0.25) is 0 Å². The van der Waals surface area contributed by atoms with Crippen LogP contribution in [0.2, 0.25) is 0 Å². The number of aromatic hydroxyl groups is 1. The summed E-state index contributed by atoms with van der Waals surface area (Å²) in [5, 5.41) is 31.2. The first kappa shape index (κ1) is 37.2. The number of likely N-dealkylation sites (N-methyl/N-ethyl adjacent to an activating group) is 1. The first-order valence-corrected chi connectivity index (χ1v) is 19.5. The van der Waals surface area contributed by atoms with Gasteiger partial charge in [-0.1, -0.05) is 68.7 Å². The van der Waals surface area contributed by atoms with E-state index in [0.29, 0.717) is 51.4 Å². The van der Waals surface area contributed by atoms with Gasteiger partial charge >= 0.3 is 0 Å². The molecule has 282 valence electrons. The van der Waals surface area contributed by atoms with Gasteiger partial charge in [0.15, 0.2) is 11.5 Å². The molecule has 4 bridgehead atoms. The number of unbranched alkanes of at least 4 members (excludes halogenated alkanes) is 2. The van der Waals surface area contributed by atoms with Crippen molar-refractivity contribution in [3.63, 3.8) is 0 Å². The van der Waals surface area contributed by atoms with Gasteiger partial charge in [0, 0.05) is 53.9 Å². The van der Waals surface area contributed by atoms with E-state index in [1.165, 1.54) is 11.1 Å². The number of dihydropyridines is 1. The van der Waals surface area contributed by atoms with Crippen molar-refractivity contribution in [2.24, 2.45) is 5.73 Å². The number of nitrogens with one attached hydrogen (secondary N) is 2. The normalized spacial score (nSPS) is 22.3. The molecule has 3 unspecified atom stereocenters. The number of phenols is 1. The van der Waals surface area contributed by atoms with Crippen molar-refractivity contribution in [1.29, 1.82) is 0 Å². The van der Waals surface area contributed by atoms with E-state index in [1.54, 1.807) is 6.07 Å². The monoisotopic (exact) mass is 720 g/mol. The number of aliphatic hydroxyl groups is 1. The van der Waals surface area contributed by atoms with E-state index in [0.717, 1.165) is 77.4 Å². The number of aryl methyl sites for hydroxylation is 1. The quantitative estimate of drug-likeness (QED) is 0.125. The van der Waals surface area contributed by atoms with E-state index in [-0.39, 0.29) is 30.0 Å². The second-order valence-corrected chi connectivity index (χ2v) is 15.1. The van der Waals surface area contributed by atoms with Crippen LogP contribution in [-0.2, 0) is 27.9 Å². The van der Waals surface area contributed by atoms with Gasteiger partial charge in [-0.2, -0.15) is 0 Å². The summed E-state index contributed by atoms with van der Waals surface area (Å²) in [5.74, 6) is 1.42. The lowest BCUT2D eigenvalue weighted by atomic mass is 9.68. The molecule has 1 aromatic heterocycles. The van der Waals surface area contributed by atoms with E-state index in [4.69, 9.17) is 19.9 Å². The van der Waals surface area contributed by atoms with Crippen molar-refractivity contribution in [2.75, 3.05) is 33.4 Å². The molecule has 0 aliphatic carbocycles. The van der Waals surface area contributed by atoms with Crippen LogP contribution in [0.15, 0.2) is 90.3 Å². The van der Waals surface area contributed by atoms with E-state index in [9.17, 15) is 10.2 Å². The number of phenolic OH excluding ortho intramolecular Hbond substituents is 1. The molecule has 3 aliphatic heterocycles. The fourth-order valence-corrected chi connectivity index (χ4v) is 8.34. The summed E-state index contributed by atoms with van der Waals surface area (Å²) < 4.78 is 21.3. The number of hydrogen-bond acceptors (Lipinski definition) is 8. The maximum absolute atomic E-state index is 11.3. The minimum atomic E-state index is -0.523. The predicted molar refractivity (Wildman–Crippen MR) is 211 cm³/mol. The summed E-state index contributed by atoms with van der Waals surface area (Å²) in [5.41, 5.74) is 13.1. The Balaban J connectivity index is 1.38. The number of aromatic nitrogens is 1. The van der Waals surface area contributed by atoms with Crippen molar-refractivity contribution in [3.05, 3.63) is 113 Å². The SMILES string of the molecule is CCCCCC1CC(O)CCc2ccc(O)c(c2)OCc2cc(C3(c4ccccc4)CCOCC3)cc3cn(cc23)C2=C(C=C(CNC)C(N)N2)CO1. The lowest BCUT2D eigenvalue weighted by Crippen LogP contribution is -2.44. The molecule has 53 heavy (non-hydrogen) atoms. The predicted octanol–water partition coefficient (Wildman–Crippen LogP) is 6.89. The fraction of sp³-hybridized carbons (Fsp3) is 0.455. The lowest BCUT2D eigenvalue weighted by molar-refractivity contribution is 0.0171. The van der Waals surface area contributed by atoms with E-state index >= 15 is 0 Å². The van der Waals surface area contributed by atoms with E-state index in [2.05, 4.69) is 83.1 Å². The minimum Gasteiger partial charge on any atom is -0.504 e. The largest absolute Gasteiger partial charge is 0.504 e. The summed E-state index contributed by atoms with van der Waals surface area (Å²) in [4.78, 5) is 0. The van der Waals surface area contributed by atoms with Crippen molar-refractivity contribution in [2.45, 2.75) is 95.1 Å². The van der Waals surface area contributed by atoms with Crippen LogP contribution in [-0.4, -0.2) is 66.6 Å². The Morgan fingerprint density at radius 2 is 1.83 bits per heavy atom. The summed E-state index contributed by atoms with van der Waals surface area (Å²) in [6.45, 7) is 4.89. The van der Waals surface area contributed by atoms with Crippen molar-refractivity contribution >= 4 is 16.6 Å². The molecule has 9 heteroatoms. The highest BCUT2D eigenvalue weighted by Gasteiger charge is 2.37. The Labute approximate surface area is 313 Å². The van der Waals surface area contributed by atoms with Crippen LogP contribution in [0.4, 0.5) is 0 Å². The van der Waals surface area contributed by atoms with Gasteiger partial charge in [0.1, 0.15) is 12.4 Å². The molecular weight excluding hydrogens is 665 g/mol. The molecule has 4 heterocycles. The highest BCUT2D eigenvalue weighted by atomic mass is 16.5. The average Bonchev–Trinajstić information content (AvgIpc) is 3.62. The van der Waals surface area contributed by atoms with E-state index < -0.39 is 6.10 Å². The zero-order valence-corrected chi connectivity index (χ0v) is 31.3. The summed E-state index contributed by atoms with van der Waals surface area (Å²) in [6, 6.07) is 20.9. The summed E-state index contributed by atoms with van der Waals surface area (Å²) >= 11 is 0. The molecule has 0 saturated carbocycles. The minimum absolute atomic E-state index is 0.0915. The first-order chi connectivity index (χ1) is 25.9. The maximum Gasteiger partial charge on any atom is 0.161 e. The Morgan fingerprint density at radius 1 is 1.00 bits per heavy atom. The molecule has 7 rings (SSSR count). The standard InChI is InChI=1S/C44H56N4O5/c1-3-4-6-11-38-24-37(49)14-12-30-13-15-40(50)41(20-30)53-28-33-23-36(44(16-18-51-19-17-44)35-9-7-5-8-10-35)22-32-26-48(27-39(32)33)43-34(29-52-38)21-31(25-46-2)42(45)47-43/h5,7-10,13,15,20-23,26-27,37-38,42,46-47,49-50H,3-4,6,11-12,14,16-19,24-25,28-29,45H2,1-2H3. The zero-order chi connectivity index (χ0) is 36.8. The summed E-state index contributed by atoms with van der Waals surface area (Å²) in [7, 11) is 1.93. The third-order valence-electron chi connectivity index (χ3n) is 11.4. The molecule has 1 fully saturated rings. The number of aliphatic hydroxyl groups excluding tert-OH is 1. The maximum atomic E-state index is 11.3. The second-order valence-electron chi connectivity index (χ2n) is 15.1. The Bertz CT molecular complexity index is 1910. The Hall–Kier alpha value is -4.12. The number of nitrogens with zero attached hydrogens (tertiary/aromatic N) is 1. The fourth-order valence-electron chi connectivity index (χ4n) is 8.34. The Morgan fingerprint density at radius 3 is 2.62 bits per heavy atom. The molecule has 9 nitrogen and oxygen atoms in total. The topological polar surface area (TPSA) is 123 Å². The summed E-state index contributed by atoms with van der Waals surface area (Å²) in [6.07, 6.45) is 13.3. The van der Waals surface area contributed by atoms with Crippen molar-refractivity contribution < 1.29 is 24.4 Å². The van der Waals surface area contributed by atoms with Crippen LogP contribution in [0.5, 0.6) is 11.5 Å². The molecule has 0 spiro atoms. The highest BCUT2D eigenvalue weighted by molar-refractivity contribution is 5.88. The Kier molecular flexibility index (Phi) is 11.9. The third kappa shape index (κ3) is 8.35. The lowest BCUT2D eigenvalue weighted by Gasteiger charge is -2.39. The molecule has 1 saturated heterocycles. The number of nitrogens with two attached hydrogens (primary N) is 1. The molecular formula is C44H56N4O5. The van der Waals surface area contributed by atoms with Gasteiger partial charge in [0.25, 0.3) is 0 Å². The smallest absolute Gasteiger partial charge is 0.161 e. The van der Waals surface area contributed by atoms with Crippen LogP contribution in [0, 0.1) is 0 Å². The van der Waals surface area contributed by atoms with Crippen LogP contribution >= 0.6 is 0 Å². The van der Waals surface area contributed by atoms with Crippen molar-refractivity contribution in [3.8, 4) is 11.5 Å². The van der Waals surface area contributed by atoms with Gasteiger partial charge in [0.05, 0.1) is 25.0 Å². The molecule has 3 aliphatic rings. The molecule has 0 radical (unpaired) electrons. The zero-order valence-electron chi connectivity index (χ0n) is 31.3. The van der Waals surface area contributed by atoms with E-state index in [1.807, 2.05) is 19.2 Å². The number of benzene rings is 3. The molecule has 3 aromatic carbocycles. The highest BCUT2D eigenvalue weighted by Crippen LogP contribution is 2.43. The number of hydrogen-bond donors (Lipinski definition) is 5. The molecule has 4 aromatic rings. The van der Waals surface area contributed by atoms with Crippen LogP contribution in [0.25, 0.3) is 16.6 Å². The van der Waals surface area contributed by atoms with Crippen LogP contribution in [0.1, 0.15) is 80.5 Å². The van der Waals surface area contributed by atoms with Gasteiger partial charge in [-0.05, 0) is 97.7 Å². The number of ether oxygens (including phenoxy) is 3. The third-order valence-corrected chi connectivity index (χ3v) is 11.4. The van der Waals surface area contributed by atoms with Gasteiger partial charge < -0.3 is 45.4 Å².